The molecular formula is C62H88F5N15O13. The van der Waals surface area contributed by atoms with Crippen molar-refractivity contribution in [3.63, 3.8) is 0 Å². The molecule has 0 bridgehead atoms. The molecule has 4 fully saturated rings. The van der Waals surface area contributed by atoms with Crippen LogP contribution in [0.4, 0.5) is 22.0 Å². The number of aliphatic imine (C=N–C) groups is 1. The van der Waals surface area contributed by atoms with Crippen molar-refractivity contribution >= 4 is 65.1 Å². The Hall–Kier alpha value is -8.14. The van der Waals surface area contributed by atoms with E-state index in [1.807, 2.05) is 0 Å². The summed E-state index contributed by atoms with van der Waals surface area (Å²) in [6.45, 7) is -1.65. The molecule has 1 saturated carbocycles. The number of halogens is 5. The number of carbonyl (C=O) groups is 10. The number of rotatable bonds is 32. The number of likely N-dealkylation sites (tertiary alicyclic amines) is 3. The highest BCUT2D eigenvalue weighted by Crippen LogP contribution is 2.41. The fourth-order valence-electron chi connectivity index (χ4n) is 13.6. The summed E-state index contributed by atoms with van der Waals surface area (Å²) in [7, 11) is 0. The van der Waals surface area contributed by atoms with Gasteiger partial charge in [0.2, 0.25) is 59.0 Å². The lowest BCUT2D eigenvalue weighted by Crippen LogP contribution is -2.61. The molecule has 7 rings (SSSR count). The highest BCUT2D eigenvalue weighted by molar-refractivity contribution is 5.99. The highest BCUT2D eigenvalue weighted by atomic mass is 19.2. The zero-order chi connectivity index (χ0) is 69.4. The van der Waals surface area contributed by atoms with Gasteiger partial charge in [0.1, 0.15) is 48.3 Å². The average Bonchev–Trinajstić information content (AvgIpc) is 1.29. The Morgan fingerprint density at radius 1 is 0.632 bits per heavy atom. The van der Waals surface area contributed by atoms with Gasteiger partial charge in [-0.1, -0.05) is 43.5 Å². The summed E-state index contributed by atoms with van der Waals surface area (Å²) in [6.07, 6.45) is 2.54. The third kappa shape index (κ3) is 18.7. The lowest BCUT2D eigenvalue weighted by molar-refractivity contribution is -0.151. The number of hydrogen-bond donors (Lipinski definition) is 14. The van der Waals surface area contributed by atoms with Crippen molar-refractivity contribution in [3.8, 4) is 0 Å². The maximum Gasteiger partial charge on any atom is 0.326 e. The van der Waals surface area contributed by atoms with E-state index in [0.29, 0.717) is 77.3 Å². The Kier molecular flexibility index (Phi) is 27.0. The number of aliphatic hydroxyl groups is 2. The second kappa shape index (κ2) is 34.5. The van der Waals surface area contributed by atoms with Crippen molar-refractivity contribution in [2.45, 2.75) is 189 Å². The van der Waals surface area contributed by atoms with Crippen LogP contribution in [0.15, 0.2) is 29.3 Å². The minimum absolute atomic E-state index is 0.0231. The maximum absolute atomic E-state index is 15.3. The van der Waals surface area contributed by atoms with Gasteiger partial charge in [0.25, 0.3) is 0 Å². The summed E-state index contributed by atoms with van der Waals surface area (Å²) in [4.78, 5) is 148. The zero-order valence-corrected chi connectivity index (χ0v) is 52.7. The van der Waals surface area contributed by atoms with E-state index in [9.17, 15) is 76.4 Å². The van der Waals surface area contributed by atoms with Crippen molar-refractivity contribution in [2.75, 3.05) is 45.9 Å². The number of β-amino-alcohol motifs (C(OH)–C–C–N with tert-alkyl or cyclic N) is 1. The molecule has 28 nitrogen and oxygen atoms in total. The first-order valence-corrected chi connectivity index (χ1v) is 32.3. The van der Waals surface area contributed by atoms with E-state index in [2.05, 4.69) is 36.9 Å². The predicted octanol–water partition coefficient (Wildman–Crippen LogP) is -2.29. The molecule has 524 valence electrons. The molecule has 0 spiro atoms. The van der Waals surface area contributed by atoms with Crippen LogP contribution in [0.2, 0.25) is 0 Å². The van der Waals surface area contributed by atoms with E-state index in [4.69, 9.17) is 28.7 Å². The van der Waals surface area contributed by atoms with Gasteiger partial charge in [-0.3, -0.25) is 48.1 Å². The third-order valence-electron chi connectivity index (χ3n) is 18.5. The second-order valence-electron chi connectivity index (χ2n) is 25.0. The van der Waals surface area contributed by atoms with Gasteiger partial charge >= 0.3 is 5.97 Å². The first-order chi connectivity index (χ1) is 45.3. The molecule has 33 heteroatoms. The molecule has 19 N–H and O–H groups in total. The minimum Gasteiger partial charge on any atom is -0.480 e. The van der Waals surface area contributed by atoms with Gasteiger partial charge in [0, 0.05) is 44.1 Å². The van der Waals surface area contributed by atoms with Crippen LogP contribution < -0.4 is 60.6 Å². The SMILES string of the molecule is NCCCC[C@H](NC(=O)[C@@H](N)CCCCN)C(=O)N[C@@H](CCCN=C(N)N)C(=O)N1CCC[C@H]1C(=O)N1C[C@H](O)C[C@H]1C(=O)NCC(=O)N[C@H](C(=O)N[C@@H](CO)C(=O)N[C@H](Cc1c(F)c(F)c(F)c(F)c1F)C(=O)N1[C@H](C(=O)O)C[C@@H]2CCCC[C@@H]21)C1Cc2ccccc2C1. The monoisotopic (exact) mass is 1350 g/mol. The smallest absolute Gasteiger partial charge is 0.326 e. The Morgan fingerprint density at radius 3 is 1.85 bits per heavy atom. The number of guanidine groups is 1. The Morgan fingerprint density at radius 2 is 1.22 bits per heavy atom. The standard InChI is InChI=1S/C62H88F5N15O13/c63-47-36(48(64)50(66)51(67)49(47)65)27-40(59(92)82-42-17-4-3-13-33(42)25-45(82)61(94)95)77-55(88)41(30-83)78-57(90)52(34-23-31-11-1-2-12-32(31)24-34)79-46(85)28-74-56(89)44-26-35(84)29-81(44)60(93)43-18-10-22-80(43)58(91)39(16-9-21-73-62(71)72)76-54(87)38(15-6-8-20-69)75-53(86)37(70)14-5-7-19-68/h1-2,11-12,33-35,37-45,52,83-84H,3-10,13-30,68-70H2,(H,74,89)(H,75,86)(H,76,87)(H,77,88)(H,78,90)(H,79,85)(H,94,95)(H4,71,72,73)/t33-,35+,37-,38-,39-,40+,41-,42-,43-,44-,45-,52-/m0/s1. The zero-order valence-electron chi connectivity index (χ0n) is 52.7. The van der Waals surface area contributed by atoms with Crippen LogP contribution in [0, 0.1) is 40.9 Å². The molecular weight excluding hydrogens is 1260 g/mol. The number of carboxylic acid groups (broad SMARTS) is 1. The molecule has 5 aliphatic rings. The number of amides is 9. The number of carbonyl (C=O) groups excluding carboxylic acids is 9. The molecule has 3 aliphatic heterocycles. The van der Waals surface area contributed by atoms with E-state index in [1.165, 1.54) is 4.90 Å². The number of nitrogens with two attached hydrogens (primary N) is 5. The van der Waals surface area contributed by atoms with Crippen LogP contribution in [0.3, 0.4) is 0 Å². The van der Waals surface area contributed by atoms with Crippen molar-refractivity contribution in [1.29, 1.82) is 0 Å². The first kappa shape index (κ1) is 74.3. The van der Waals surface area contributed by atoms with Gasteiger partial charge in [-0.05, 0) is 126 Å². The van der Waals surface area contributed by atoms with Crippen molar-refractivity contribution in [1.82, 2.24) is 46.6 Å². The molecule has 2 aromatic rings. The van der Waals surface area contributed by atoms with Gasteiger partial charge < -0.3 is 90.6 Å². The molecule has 3 heterocycles. The summed E-state index contributed by atoms with van der Waals surface area (Å²) in [6, 6.07) is -7.08. The normalized spacial score (nSPS) is 21.9. The minimum atomic E-state index is -2.51. The average molecular weight is 1350 g/mol. The van der Waals surface area contributed by atoms with Gasteiger partial charge in [0.15, 0.2) is 29.2 Å². The first-order valence-electron chi connectivity index (χ1n) is 32.3. The second-order valence-corrected chi connectivity index (χ2v) is 25.0. The Bertz CT molecular complexity index is 3110. The fourth-order valence-corrected chi connectivity index (χ4v) is 13.6. The number of carboxylic acids is 1. The summed E-state index contributed by atoms with van der Waals surface area (Å²) < 4.78 is 74.1. The van der Waals surface area contributed by atoms with E-state index >= 15 is 8.78 Å². The number of benzene rings is 2. The highest BCUT2D eigenvalue weighted by Gasteiger charge is 2.51. The topological polar surface area (TPSA) is 456 Å². The summed E-state index contributed by atoms with van der Waals surface area (Å²) in [5.41, 5.74) is 28.6. The molecule has 3 saturated heterocycles. The van der Waals surface area contributed by atoms with Crippen LogP contribution in [0.25, 0.3) is 0 Å². The Balaban J connectivity index is 1.05. The molecule has 9 amide bonds. The third-order valence-corrected chi connectivity index (χ3v) is 18.5. The van der Waals surface area contributed by atoms with E-state index in [1.54, 1.807) is 24.3 Å². The fraction of sp³-hybridized carbons (Fsp3) is 0.629. The largest absolute Gasteiger partial charge is 0.480 e. The summed E-state index contributed by atoms with van der Waals surface area (Å²) in [5, 5.41) is 46.7. The van der Waals surface area contributed by atoms with Crippen LogP contribution in [0.1, 0.15) is 119 Å². The summed E-state index contributed by atoms with van der Waals surface area (Å²) in [5.74, 6) is -23.1. The van der Waals surface area contributed by atoms with E-state index in [0.717, 1.165) is 20.9 Å². The number of nitrogens with zero attached hydrogens (tertiary/aromatic N) is 4. The molecule has 12 atom stereocenters. The number of aliphatic hydroxyl groups excluding tert-OH is 2. The predicted molar refractivity (Wildman–Crippen MR) is 330 cm³/mol. The quantitative estimate of drug-likeness (QED) is 0.00915. The molecule has 2 aliphatic carbocycles. The van der Waals surface area contributed by atoms with Gasteiger partial charge in [-0.2, -0.15) is 0 Å². The molecule has 0 radical (unpaired) electrons. The lowest BCUT2D eigenvalue weighted by Gasteiger charge is -2.36. The lowest BCUT2D eigenvalue weighted by atomic mass is 9.84. The van der Waals surface area contributed by atoms with Gasteiger partial charge in [-0.25, -0.2) is 26.7 Å². The van der Waals surface area contributed by atoms with Crippen LogP contribution in [-0.2, 0) is 67.2 Å². The van der Waals surface area contributed by atoms with Crippen molar-refractivity contribution < 1.29 is 85.2 Å². The molecule has 0 aromatic heterocycles. The van der Waals surface area contributed by atoms with Crippen molar-refractivity contribution in [3.05, 3.63) is 70.0 Å². The number of nitrogens with one attached hydrogen (secondary N) is 6. The van der Waals surface area contributed by atoms with Crippen molar-refractivity contribution in [2.24, 2.45) is 45.5 Å². The van der Waals surface area contributed by atoms with Crippen LogP contribution in [-0.4, -0.2) is 208 Å². The molecule has 0 unspecified atom stereocenters. The maximum atomic E-state index is 15.3. The number of fused-ring (bicyclic) bond motifs is 2. The number of unbranched alkanes of at least 4 members (excludes halogenated alkanes) is 2. The number of aliphatic carboxylic acids is 1. The Labute approximate surface area is 545 Å². The molecule has 2 aromatic carbocycles. The van der Waals surface area contributed by atoms with Crippen LogP contribution in [0.5, 0.6) is 0 Å². The molecule has 95 heavy (non-hydrogen) atoms. The van der Waals surface area contributed by atoms with E-state index in [-0.39, 0.29) is 82.9 Å². The van der Waals surface area contributed by atoms with E-state index < -0.39 is 186 Å². The van der Waals surface area contributed by atoms with Gasteiger partial charge in [0.05, 0.1) is 25.3 Å². The van der Waals surface area contributed by atoms with Gasteiger partial charge in [-0.15, -0.1) is 0 Å². The summed E-state index contributed by atoms with van der Waals surface area (Å²) >= 11 is 0. The number of hydrogen-bond acceptors (Lipinski definition) is 16. The van der Waals surface area contributed by atoms with Crippen LogP contribution >= 0.6 is 0 Å².